The maximum Gasteiger partial charge on any atom is 0.242 e. The number of anilines is 1. The summed E-state index contributed by atoms with van der Waals surface area (Å²) in [6.07, 6.45) is 0. The molecule has 1 aromatic carbocycles. The van der Waals surface area contributed by atoms with E-state index in [0.29, 0.717) is 18.8 Å². The molecule has 1 amide bonds. The van der Waals surface area contributed by atoms with Gasteiger partial charge in [-0.05, 0) is 12.1 Å². The zero-order valence-electron chi connectivity index (χ0n) is 9.80. The molecule has 0 saturated carbocycles. The van der Waals surface area contributed by atoms with Gasteiger partial charge in [0.15, 0.2) is 0 Å². The quantitative estimate of drug-likeness (QED) is 0.796. The molecule has 1 heterocycles. The molecule has 1 aliphatic heterocycles. The summed E-state index contributed by atoms with van der Waals surface area (Å²) in [5.74, 6) is -1.02. The number of morpholine rings is 1. The summed E-state index contributed by atoms with van der Waals surface area (Å²) in [7, 11) is 0. The Balaban J connectivity index is 2.39. The Hall–Kier alpha value is -1.66. The molecular formula is C12H15FN2O3. The van der Waals surface area contributed by atoms with Gasteiger partial charge < -0.3 is 20.5 Å². The van der Waals surface area contributed by atoms with Crippen LogP contribution in [0.5, 0.6) is 0 Å². The Morgan fingerprint density at radius 1 is 1.61 bits per heavy atom. The molecule has 98 valence electrons. The van der Waals surface area contributed by atoms with Gasteiger partial charge in [0.2, 0.25) is 5.91 Å². The highest BCUT2D eigenvalue weighted by Crippen LogP contribution is 2.26. The number of halogens is 1. The number of aliphatic hydroxyl groups is 1. The number of benzene rings is 1. The lowest BCUT2D eigenvalue weighted by Crippen LogP contribution is -2.53. The summed E-state index contributed by atoms with van der Waals surface area (Å²) in [6.45, 7) is 0.622. The van der Waals surface area contributed by atoms with Crippen molar-refractivity contribution in [3.63, 3.8) is 0 Å². The summed E-state index contributed by atoms with van der Waals surface area (Å²) in [5.41, 5.74) is 5.97. The molecule has 2 rings (SSSR count). The molecule has 18 heavy (non-hydrogen) atoms. The van der Waals surface area contributed by atoms with Gasteiger partial charge in [0, 0.05) is 17.8 Å². The average molecular weight is 254 g/mol. The molecular weight excluding hydrogens is 239 g/mol. The van der Waals surface area contributed by atoms with Crippen molar-refractivity contribution >= 4 is 11.6 Å². The molecule has 0 radical (unpaired) electrons. The number of carbonyl (C=O) groups excluding carboxylic acids is 1. The fourth-order valence-electron chi connectivity index (χ4n) is 2.10. The third-order valence-corrected chi connectivity index (χ3v) is 3.02. The predicted octanol–water partition coefficient (Wildman–Crippen LogP) is 0.00850. The fourth-order valence-corrected chi connectivity index (χ4v) is 2.10. The van der Waals surface area contributed by atoms with E-state index in [1.807, 2.05) is 0 Å². The maximum absolute atomic E-state index is 13.6. The molecule has 1 saturated heterocycles. The topological polar surface area (TPSA) is 75.8 Å². The number of ether oxygens (including phenoxy) is 1. The molecule has 1 aliphatic rings. The van der Waals surface area contributed by atoms with Crippen molar-refractivity contribution in [1.82, 2.24) is 0 Å². The molecule has 0 aliphatic carbocycles. The minimum absolute atomic E-state index is 0.172. The third kappa shape index (κ3) is 2.30. The highest BCUT2D eigenvalue weighted by molar-refractivity contribution is 5.84. The number of nitrogens with two attached hydrogens (primary N) is 1. The smallest absolute Gasteiger partial charge is 0.242 e. The van der Waals surface area contributed by atoms with Crippen LogP contribution < -0.4 is 10.6 Å². The van der Waals surface area contributed by atoms with Crippen LogP contribution in [0.25, 0.3) is 0 Å². The molecule has 6 heteroatoms. The van der Waals surface area contributed by atoms with E-state index in [9.17, 15) is 14.3 Å². The summed E-state index contributed by atoms with van der Waals surface area (Å²) >= 11 is 0. The van der Waals surface area contributed by atoms with Crippen LogP contribution in [0.3, 0.4) is 0 Å². The number of amides is 1. The SMILES string of the molecule is NC(=O)C1COCCN1c1cccc(F)c1CO. The van der Waals surface area contributed by atoms with Crippen LogP contribution in [-0.2, 0) is 16.1 Å². The summed E-state index contributed by atoms with van der Waals surface area (Å²) in [6, 6.07) is 3.84. The van der Waals surface area contributed by atoms with E-state index in [1.54, 1.807) is 11.0 Å². The van der Waals surface area contributed by atoms with Gasteiger partial charge in [-0.1, -0.05) is 6.07 Å². The highest BCUT2D eigenvalue weighted by Gasteiger charge is 2.29. The maximum atomic E-state index is 13.6. The molecule has 5 nitrogen and oxygen atoms in total. The average Bonchev–Trinajstić information content (AvgIpc) is 2.38. The van der Waals surface area contributed by atoms with Gasteiger partial charge in [-0.3, -0.25) is 4.79 Å². The molecule has 1 fully saturated rings. The van der Waals surface area contributed by atoms with Gasteiger partial charge in [-0.25, -0.2) is 4.39 Å². The third-order valence-electron chi connectivity index (χ3n) is 3.02. The lowest BCUT2D eigenvalue weighted by atomic mass is 10.1. The summed E-state index contributed by atoms with van der Waals surface area (Å²) in [4.78, 5) is 13.0. The Morgan fingerprint density at radius 3 is 3.06 bits per heavy atom. The lowest BCUT2D eigenvalue weighted by molar-refractivity contribution is -0.121. The number of primary amides is 1. The van der Waals surface area contributed by atoms with Crippen molar-refractivity contribution in [1.29, 1.82) is 0 Å². The Bertz CT molecular complexity index is 453. The number of hydrogen-bond acceptors (Lipinski definition) is 4. The zero-order valence-corrected chi connectivity index (χ0v) is 9.80. The van der Waals surface area contributed by atoms with Crippen LogP contribution in [0.15, 0.2) is 18.2 Å². The van der Waals surface area contributed by atoms with Crippen LogP contribution in [0.2, 0.25) is 0 Å². The second kappa shape index (κ2) is 5.32. The van der Waals surface area contributed by atoms with Crippen molar-refractivity contribution in [2.24, 2.45) is 5.73 Å². The largest absolute Gasteiger partial charge is 0.391 e. The van der Waals surface area contributed by atoms with E-state index in [0.717, 1.165) is 0 Å². The van der Waals surface area contributed by atoms with Crippen molar-refractivity contribution in [3.05, 3.63) is 29.6 Å². The Morgan fingerprint density at radius 2 is 2.39 bits per heavy atom. The second-order valence-electron chi connectivity index (χ2n) is 4.08. The summed E-state index contributed by atoms with van der Waals surface area (Å²) in [5, 5.41) is 9.24. The first-order valence-electron chi connectivity index (χ1n) is 5.67. The van der Waals surface area contributed by atoms with Gasteiger partial charge >= 0.3 is 0 Å². The van der Waals surface area contributed by atoms with E-state index in [-0.39, 0.29) is 12.2 Å². The minimum atomic E-state index is -0.633. The van der Waals surface area contributed by atoms with E-state index >= 15 is 0 Å². The van der Waals surface area contributed by atoms with Crippen molar-refractivity contribution in [2.45, 2.75) is 12.6 Å². The molecule has 1 unspecified atom stereocenters. The van der Waals surface area contributed by atoms with Crippen LogP contribution in [0, 0.1) is 5.82 Å². The van der Waals surface area contributed by atoms with E-state index in [4.69, 9.17) is 10.5 Å². The standard InChI is InChI=1S/C12H15FN2O3/c13-9-2-1-3-10(8(9)6-16)15-4-5-18-7-11(15)12(14)17/h1-3,11,16H,4-7H2,(H2,14,17). The van der Waals surface area contributed by atoms with Crippen LogP contribution in [0.4, 0.5) is 10.1 Å². The number of carbonyl (C=O) groups is 1. The second-order valence-corrected chi connectivity index (χ2v) is 4.08. The highest BCUT2D eigenvalue weighted by atomic mass is 19.1. The first-order valence-corrected chi connectivity index (χ1v) is 5.67. The fraction of sp³-hybridized carbons (Fsp3) is 0.417. The molecule has 3 N–H and O–H groups in total. The molecule has 0 aromatic heterocycles. The van der Waals surface area contributed by atoms with Crippen molar-refractivity contribution < 1.29 is 19.0 Å². The number of aliphatic hydroxyl groups excluding tert-OH is 1. The molecule has 0 spiro atoms. The van der Waals surface area contributed by atoms with Crippen LogP contribution >= 0.6 is 0 Å². The Kier molecular flexibility index (Phi) is 3.78. The monoisotopic (exact) mass is 254 g/mol. The van der Waals surface area contributed by atoms with Crippen molar-refractivity contribution in [2.75, 3.05) is 24.7 Å². The first kappa shape index (κ1) is 12.8. The summed E-state index contributed by atoms with van der Waals surface area (Å²) < 4.78 is 18.8. The van der Waals surface area contributed by atoms with Gasteiger partial charge in [-0.2, -0.15) is 0 Å². The first-order chi connectivity index (χ1) is 8.65. The van der Waals surface area contributed by atoms with Gasteiger partial charge in [0.25, 0.3) is 0 Å². The molecule has 1 aromatic rings. The number of rotatable bonds is 3. The Labute approximate surface area is 104 Å². The zero-order chi connectivity index (χ0) is 13.1. The normalized spacial score (nSPS) is 19.9. The molecule has 0 bridgehead atoms. The lowest BCUT2D eigenvalue weighted by Gasteiger charge is -2.36. The van der Waals surface area contributed by atoms with E-state index < -0.39 is 24.4 Å². The van der Waals surface area contributed by atoms with Gasteiger partial charge in [0.1, 0.15) is 11.9 Å². The number of nitrogens with zero attached hydrogens (tertiary/aromatic N) is 1. The minimum Gasteiger partial charge on any atom is -0.391 e. The van der Waals surface area contributed by atoms with Gasteiger partial charge in [0.05, 0.1) is 19.8 Å². The van der Waals surface area contributed by atoms with Crippen LogP contribution in [0.1, 0.15) is 5.56 Å². The molecule has 1 atom stereocenters. The van der Waals surface area contributed by atoms with E-state index in [2.05, 4.69) is 0 Å². The number of hydrogen-bond donors (Lipinski definition) is 2. The van der Waals surface area contributed by atoms with E-state index in [1.165, 1.54) is 12.1 Å². The predicted molar refractivity (Wildman–Crippen MR) is 63.5 cm³/mol. The van der Waals surface area contributed by atoms with Gasteiger partial charge in [-0.15, -0.1) is 0 Å². The van der Waals surface area contributed by atoms with Crippen LogP contribution in [-0.4, -0.2) is 36.8 Å². The van der Waals surface area contributed by atoms with Crippen molar-refractivity contribution in [3.8, 4) is 0 Å².